The maximum atomic E-state index is 11.7. The normalized spacial score (nSPS) is 12.5. The van der Waals surface area contributed by atoms with Crippen LogP contribution < -0.4 is 0 Å². The highest BCUT2D eigenvalue weighted by atomic mass is 16.4. The van der Waals surface area contributed by atoms with Crippen LogP contribution in [0.25, 0.3) is 0 Å². The van der Waals surface area contributed by atoms with Gasteiger partial charge in [0.05, 0.1) is 39.6 Å². The molecule has 8 nitrogen and oxygen atoms in total. The SMILES string of the molecule is CC(C)=C(C(=O)O)C(CCC(CO)(CO)CO)CCC(CO)(CO)CO. The Kier molecular flexibility index (Phi) is 11.2. The van der Waals surface area contributed by atoms with E-state index in [-0.39, 0.29) is 31.3 Å². The summed E-state index contributed by atoms with van der Waals surface area (Å²) in [5, 5.41) is 66.4. The van der Waals surface area contributed by atoms with Crippen LogP contribution in [0.5, 0.6) is 0 Å². The summed E-state index contributed by atoms with van der Waals surface area (Å²) in [6.45, 7) is 0.747. The second-order valence-electron chi connectivity index (χ2n) is 7.44. The second kappa shape index (κ2) is 11.6. The highest BCUT2D eigenvalue weighted by Gasteiger charge is 2.34. The Balaban J connectivity index is 5.51. The van der Waals surface area contributed by atoms with Crippen molar-refractivity contribution in [2.75, 3.05) is 39.6 Å². The molecule has 0 aromatic carbocycles. The third-order valence-electron chi connectivity index (χ3n) is 5.24. The summed E-state index contributed by atoms with van der Waals surface area (Å²) in [5.41, 5.74) is -1.42. The van der Waals surface area contributed by atoms with E-state index in [1.165, 1.54) is 0 Å². The first-order chi connectivity index (χ1) is 12.2. The Hall–Kier alpha value is -1.03. The van der Waals surface area contributed by atoms with E-state index >= 15 is 0 Å². The maximum Gasteiger partial charge on any atom is 0.331 e. The number of rotatable bonds is 14. The molecule has 0 rings (SSSR count). The summed E-state index contributed by atoms with van der Waals surface area (Å²) in [6.07, 6.45) is 0.977. The maximum absolute atomic E-state index is 11.7. The molecule has 0 radical (unpaired) electrons. The van der Waals surface area contributed by atoms with Gasteiger partial charge in [0.15, 0.2) is 0 Å². The van der Waals surface area contributed by atoms with E-state index < -0.39 is 62.4 Å². The van der Waals surface area contributed by atoms with Crippen molar-refractivity contribution in [3.63, 3.8) is 0 Å². The zero-order valence-electron chi connectivity index (χ0n) is 15.7. The summed E-state index contributed by atoms with van der Waals surface area (Å²) in [5.74, 6) is -1.56. The van der Waals surface area contributed by atoms with Crippen LogP contribution in [0.1, 0.15) is 39.5 Å². The standard InChI is InChI=1S/C18H34O8/c1-13(2)15(16(25)26)14(3-5-17(7-19,8-20)9-21)4-6-18(10-22,11-23)12-24/h14,19-24H,3-12H2,1-2H3,(H,25,26). The molecule has 154 valence electrons. The largest absolute Gasteiger partial charge is 0.478 e. The molecule has 0 bridgehead atoms. The number of aliphatic hydroxyl groups excluding tert-OH is 6. The van der Waals surface area contributed by atoms with E-state index in [2.05, 4.69) is 0 Å². The van der Waals surface area contributed by atoms with Gasteiger partial charge >= 0.3 is 5.97 Å². The van der Waals surface area contributed by atoms with Gasteiger partial charge in [-0.3, -0.25) is 0 Å². The quantitative estimate of drug-likeness (QED) is 0.199. The zero-order chi connectivity index (χ0) is 20.4. The van der Waals surface area contributed by atoms with Gasteiger partial charge in [-0.2, -0.15) is 0 Å². The number of aliphatic hydroxyl groups is 6. The number of carboxylic acids is 1. The lowest BCUT2D eigenvalue weighted by atomic mass is 9.76. The average Bonchev–Trinajstić information content (AvgIpc) is 2.63. The zero-order valence-corrected chi connectivity index (χ0v) is 15.7. The summed E-state index contributed by atoms with van der Waals surface area (Å²) < 4.78 is 0. The highest BCUT2D eigenvalue weighted by Crippen LogP contribution is 2.34. The topological polar surface area (TPSA) is 159 Å². The molecule has 7 N–H and O–H groups in total. The van der Waals surface area contributed by atoms with Gasteiger partial charge in [0.25, 0.3) is 0 Å². The molecule has 26 heavy (non-hydrogen) atoms. The van der Waals surface area contributed by atoms with E-state index in [1.807, 2.05) is 0 Å². The van der Waals surface area contributed by atoms with Crippen LogP contribution in [-0.4, -0.2) is 81.4 Å². The lowest BCUT2D eigenvalue weighted by molar-refractivity contribution is -0.133. The van der Waals surface area contributed by atoms with E-state index in [9.17, 15) is 40.5 Å². The fourth-order valence-corrected chi connectivity index (χ4v) is 2.96. The molecule has 0 aliphatic carbocycles. The fraction of sp³-hybridized carbons (Fsp3) is 0.833. The van der Waals surface area contributed by atoms with Gasteiger partial charge in [0, 0.05) is 16.4 Å². The van der Waals surface area contributed by atoms with Crippen LogP contribution in [0.4, 0.5) is 0 Å². The summed E-state index contributed by atoms with van der Waals surface area (Å²) in [7, 11) is 0. The first-order valence-electron chi connectivity index (χ1n) is 8.76. The number of carbonyl (C=O) groups is 1. The smallest absolute Gasteiger partial charge is 0.331 e. The molecular weight excluding hydrogens is 344 g/mol. The Bertz CT molecular complexity index is 408. The van der Waals surface area contributed by atoms with Gasteiger partial charge < -0.3 is 35.7 Å². The van der Waals surface area contributed by atoms with Crippen molar-refractivity contribution in [2.24, 2.45) is 16.7 Å². The second-order valence-corrected chi connectivity index (χ2v) is 7.44. The van der Waals surface area contributed by atoms with Crippen molar-refractivity contribution in [2.45, 2.75) is 39.5 Å². The minimum atomic E-state index is -1.11. The Morgan fingerprint density at radius 3 is 1.23 bits per heavy atom. The van der Waals surface area contributed by atoms with Gasteiger partial charge in [-0.05, 0) is 45.4 Å². The monoisotopic (exact) mass is 378 g/mol. The van der Waals surface area contributed by atoms with Gasteiger partial charge in [0.1, 0.15) is 0 Å². The predicted molar refractivity (Wildman–Crippen MR) is 95.3 cm³/mol. The molecule has 0 heterocycles. The number of aliphatic carboxylic acids is 1. The molecular formula is C18H34O8. The van der Waals surface area contributed by atoms with Crippen molar-refractivity contribution in [3.8, 4) is 0 Å². The average molecular weight is 378 g/mol. The number of hydrogen-bond donors (Lipinski definition) is 7. The Morgan fingerprint density at radius 2 is 1.04 bits per heavy atom. The van der Waals surface area contributed by atoms with E-state index in [0.717, 1.165) is 0 Å². The minimum absolute atomic E-state index is 0.190. The fourth-order valence-electron chi connectivity index (χ4n) is 2.96. The molecule has 0 amide bonds. The molecule has 0 unspecified atom stereocenters. The van der Waals surface area contributed by atoms with Crippen molar-refractivity contribution in [1.82, 2.24) is 0 Å². The molecule has 0 saturated carbocycles. The first kappa shape index (κ1) is 25.0. The van der Waals surface area contributed by atoms with Gasteiger partial charge in [-0.15, -0.1) is 0 Å². The third-order valence-corrected chi connectivity index (χ3v) is 5.24. The number of allylic oxidation sites excluding steroid dienone is 1. The third kappa shape index (κ3) is 6.61. The number of hydrogen-bond acceptors (Lipinski definition) is 7. The van der Waals surface area contributed by atoms with E-state index in [1.54, 1.807) is 13.8 Å². The predicted octanol–water partition coefficient (Wildman–Crippen LogP) is -0.489. The van der Waals surface area contributed by atoms with Crippen LogP contribution >= 0.6 is 0 Å². The van der Waals surface area contributed by atoms with Crippen LogP contribution in [0.3, 0.4) is 0 Å². The first-order valence-corrected chi connectivity index (χ1v) is 8.76. The lowest BCUT2D eigenvalue weighted by Gasteiger charge is -2.32. The number of carboxylic acid groups (broad SMARTS) is 1. The molecule has 0 spiro atoms. The van der Waals surface area contributed by atoms with Crippen LogP contribution in [0, 0.1) is 16.7 Å². The highest BCUT2D eigenvalue weighted by molar-refractivity contribution is 5.87. The molecule has 0 aromatic rings. The molecule has 0 aliphatic rings. The summed E-state index contributed by atoms with van der Waals surface area (Å²) >= 11 is 0. The van der Waals surface area contributed by atoms with Crippen molar-refractivity contribution in [1.29, 1.82) is 0 Å². The molecule has 0 saturated heterocycles. The Labute approximate surface area is 154 Å². The molecule has 0 aliphatic heterocycles. The van der Waals surface area contributed by atoms with Crippen LogP contribution in [-0.2, 0) is 4.79 Å². The van der Waals surface area contributed by atoms with Crippen molar-refractivity contribution < 1.29 is 40.5 Å². The molecule has 0 fully saturated rings. The van der Waals surface area contributed by atoms with E-state index in [4.69, 9.17) is 0 Å². The van der Waals surface area contributed by atoms with E-state index in [0.29, 0.717) is 5.57 Å². The Morgan fingerprint density at radius 1 is 0.731 bits per heavy atom. The van der Waals surface area contributed by atoms with Crippen LogP contribution in [0.2, 0.25) is 0 Å². The molecule has 0 aromatic heterocycles. The lowest BCUT2D eigenvalue weighted by Crippen LogP contribution is -2.36. The molecule has 0 atom stereocenters. The summed E-state index contributed by atoms with van der Waals surface area (Å²) in [6, 6.07) is 0. The molecule has 8 heteroatoms. The van der Waals surface area contributed by atoms with Gasteiger partial charge in [-0.1, -0.05) is 5.57 Å². The minimum Gasteiger partial charge on any atom is -0.478 e. The van der Waals surface area contributed by atoms with Gasteiger partial charge in [0.2, 0.25) is 0 Å². The summed E-state index contributed by atoms with van der Waals surface area (Å²) in [4.78, 5) is 11.7. The van der Waals surface area contributed by atoms with Gasteiger partial charge in [-0.25, -0.2) is 4.79 Å². The van der Waals surface area contributed by atoms with Crippen molar-refractivity contribution in [3.05, 3.63) is 11.1 Å². The van der Waals surface area contributed by atoms with Crippen LogP contribution in [0.15, 0.2) is 11.1 Å². The van der Waals surface area contributed by atoms with Crippen molar-refractivity contribution >= 4 is 5.97 Å².